The van der Waals surface area contributed by atoms with Gasteiger partial charge >= 0.3 is 5.97 Å². The summed E-state index contributed by atoms with van der Waals surface area (Å²) < 4.78 is 4.93. The molecule has 0 amide bonds. The van der Waals surface area contributed by atoms with Gasteiger partial charge in [0.1, 0.15) is 0 Å². The molecular weight excluding hydrogens is 132 g/mol. The topological polar surface area (TPSA) is 49.8 Å². The highest BCUT2D eigenvalue weighted by Crippen LogP contribution is 2.21. The van der Waals surface area contributed by atoms with Gasteiger partial charge in [-0.25, -0.2) is 0 Å². The van der Waals surface area contributed by atoms with Gasteiger partial charge in [-0.1, -0.05) is 6.92 Å². The summed E-state index contributed by atoms with van der Waals surface area (Å²) in [5.74, 6) is -0.898. The third-order valence-corrected chi connectivity index (χ3v) is 1.79. The molecule has 0 bridgehead atoms. The lowest BCUT2D eigenvalue weighted by Gasteiger charge is -2.05. The van der Waals surface area contributed by atoms with E-state index in [9.17, 15) is 4.79 Å². The van der Waals surface area contributed by atoms with Gasteiger partial charge in [-0.3, -0.25) is 4.79 Å². The highest BCUT2D eigenvalue weighted by Gasteiger charge is 2.28. The standard InChI is InChI=1S/C7H12O3/c1-2-5(7(8)9)3-6-4-10-6/h5-6H,2-4H2,1H3,(H,8,9). The van der Waals surface area contributed by atoms with Crippen LogP contribution in [0.3, 0.4) is 0 Å². The molecule has 1 N–H and O–H groups in total. The maximum atomic E-state index is 10.4. The van der Waals surface area contributed by atoms with E-state index in [1.54, 1.807) is 0 Å². The van der Waals surface area contributed by atoms with Gasteiger partial charge in [0.15, 0.2) is 0 Å². The SMILES string of the molecule is CCC(CC1CO1)C(=O)O. The molecule has 0 aromatic rings. The maximum absolute atomic E-state index is 10.4. The quantitative estimate of drug-likeness (QED) is 0.596. The third-order valence-electron chi connectivity index (χ3n) is 1.79. The summed E-state index contributed by atoms with van der Waals surface area (Å²) in [6.45, 7) is 2.64. The number of rotatable bonds is 4. The van der Waals surface area contributed by atoms with Crippen molar-refractivity contribution in [2.45, 2.75) is 25.9 Å². The summed E-state index contributed by atoms with van der Waals surface area (Å²) >= 11 is 0. The molecular formula is C7H12O3. The van der Waals surface area contributed by atoms with Crippen LogP contribution in [-0.2, 0) is 9.53 Å². The smallest absolute Gasteiger partial charge is 0.306 e. The van der Waals surface area contributed by atoms with Gasteiger partial charge in [-0.15, -0.1) is 0 Å². The molecule has 0 spiro atoms. The molecule has 1 saturated heterocycles. The van der Waals surface area contributed by atoms with E-state index in [0.717, 1.165) is 6.61 Å². The van der Waals surface area contributed by atoms with Gasteiger partial charge < -0.3 is 9.84 Å². The molecule has 0 aliphatic carbocycles. The first-order valence-corrected chi connectivity index (χ1v) is 3.58. The van der Waals surface area contributed by atoms with Gasteiger partial charge in [-0.05, 0) is 12.8 Å². The molecule has 2 unspecified atom stereocenters. The van der Waals surface area contributed by atoms with E-state index in [4.69, 9.17) is 9.84 Å². The summed E-state index contributed by atoms with van der Waals surface area (Å²) in [5, 5.41) is 8.59. The van der Waals surface area contributed by atoms with Crippen LogP contribution >= 0.6 is 0 Å². The molecule has 0 radical (unpaired) electrons. The number of ether oxygens (including phenoxy) is 1. The summed E-state index contributed by atoms with van der Waals surface area (Å²) in [4.78, 5) is 10.4. The molecule has 0 aromatic heterocycles. The highest BCUT2D eigenvalue weighted by atomic mass is 16.6. The molecule has 1 fully saturated rings. The predicted molar refractivity (Wildman–Crippen MR) is 35.8 cm³/mol. The van der Waals surface area contributed by atoms with E-state index >= 15 is 0 Å². The van der Waals surface area contributed by atoms with Crippen LogP contribution in [0.25, 0.3) is 0 Å². The predicted octanol–water partition coefficient (Wildman–Crippen LogP) is 0.886. The zero-order valence-electron chi connectivity index (χ0n) is 6.04. The second-order valence-corrected chi connectivity index (χ2v) is 2.63. The molecule has 2 atom stereocenters. The average Bonchev–Trinajstić information content (AvgIpc) is 2.64. The molecule has 3 heteroatoms. The summed E-state index contributed by atoms with van der Waals surface area (Å²) in [7, 11) is 0. The average molecular weight is 144 g/mol. The maximum Gasteiger partial charge on any atom is 0.306 e. The number of carbonyl (C=O) groups is 1. The van der Waals surface area contributed by atoms with Crippen LogP contribution in [0.2, 0.25) is 0 Å². The second-order valence-electron chi connectivity index (χ2n) is 2.63. The first-order chi connectivity index (χ1) is 4.74. The Balaban J connectivity index is 2.24. The largest absolute Gasteiger partial charge is 0.481 e. The Morgan fingerprint density at radius 3 is 2.80 bits per heavy atom. The number of hydrogen-bond donors (Lipinski definition) is 1. The fraction of sp³-hybridized carbons (Fsp3) is 0.857. The Bertz CT molecular complexity index is 129. The first kappa shape index (κ1) is 7.54. The minimum Gasteiger partial charge on any atom is -0.481 e. The van der Waals surface area contributed by atoms with Crippen LogP contribution in [0.4, 0.5) is 0 Å². The Morgan fingerprint density at radius 1 is 1.90 bits per heavy atom. The normalized spacial score (nSPS) is 25.9. The van der Waals surface area contributed by atoms with E-state index < -0.39 is 5.97 Å². The molecule has 0 aromatic carbocycles. The van der Waals surface area contributed by atoms with E-state index in [2.05, 4.69) is 0 Å². The van der Waals surface area contributed by atoms with E-state index in [0.29, 0.717) is 12.8 Å². The summed E-state index contributed by atoms with van der Waals surface area (Å²) in [5.41, 5.74) is 0. The van der Waals surface area contributed by atoms with Gasteiger partial charge in [0.05, 0.1) is 18.6 Å². The van der Waals surface area contributed by atoms with Crippen molar-refractivity contribution in [2.75, 3.05) is 6.61 Å². The van der Waals surface area contributed by atoms with Crippen molar-refractivity contribution in [3.63, 3.8) is 0 Å². The van der Waals surface area contributed by atoms with Crippen molar-refractivity contribution >= 4 is 5.97 Å². The van der Waals surface area contributed by atoms with Crippen molar-refractivity contribution in [3.8, 4) is 0 Å². The zero-order valence-corrected chi connectivity index (χ0v) is 6.04. The Labute approximate surface area is 60.0 Å². The van der Waals surface area contributed by atoms with Gasteiger partial charge in [0.25, 0.3) is 0 Å². The molecule has 10 heavy (non-hydrogen) atoms. The second kappa shape index (κ2) is 3.01. The summed E-state index contributed by atoms with van der Waals surface area (Å²) in [6, 6.07) is 0. The fourth-order valence-electron chi connectivity index (χ4n) is 0.964. The molecule has 0 saturated carbocycles. The van der Waals surface area contributed by atoms with Crippen LogP contribution < -0.4 is 0 Å². The fourth-order valence-corrected chi connectivity index (χ4v) is 0.964. The van der Waals surface area contributed by atoms with Gasteiger partial charge in [-0.2, -0.15) is 0 Å². The lowest BCUT2D eigenvalue weighted by Crippen LogP contribution is -2.14. The van der Waals surface area contributed by atoms with Crippen LogP contribution in [0.1, 0.15) is 19.8 Å². The molecule has 1 aliphatic heterocycles. The van der Waals surface area contributed by atoms with E-state index in [1.807, 2.05) is 6.92 Å². The molecule has 1 aliphatic rings. The monoisotopic (exact) mass is 144 g/mol. The highest BCUT2D eigenvalue weighted by molar-refractivity contribution is 5.69. The number of carboxylic acid groups (broad SMARTS) is 1. The lowest BCUT2D eigenvalue weighted by molar-refractivity contribution is -0.142. The molecule has 58 valence electrons. The van der Waals surface area contributed by atoms with Crippen molar-refractivity contribution in [1.29, 1.82) is 0 Å². The Morgan fingerprint density at radius 2 is 2.50 bits per heavy atom. The number of hydrogen-bond acceptors (Lipinski definition) is 2. The minimum absolute atomic E-state index is 0.201. The van der Waals surface area contributed by atoms with Crippen LogP contribution in [0.15, 0.2) is 0 Å². The van der Waals surface area contributed by atoms with Crippen LogP contribution in [-0.4, -0.2) is 23.8 Å². The number of aliphatic carboxylic acids is 1. The van der Waals surface area contributed by atoms with Crippen molar-refractivity contribution in [2.24, 2.45) is 5.92 Å². The van der Waals surface area contributed by atoms with E-state index in [1.165, 1.54) is 0 Å². The van der Waals surface area contributed by atoms with Gasteiger partial charge in [0.2, 0.25) is 0 Å². The van der Waals surface area contributed by atoms with Crippen LogP contribution in [0.5, 0.6) is 0 Å². The number of carboxylic acids is 1. The summed E-state index contributed by atoms with van der Waals surface area (Å²) in [6.07, 6.45) is 1.63. The van der Waals surface area contributed by atoms with Crippen LogP contribution in [0, 0.1) is 5.92 Å². The molecule has 3 nitrogen and oxygen atoms in total. The Hall–Kier alpha value is -0.570. The zero-order chi connectivity index (χ0) is 7.56. The van der Waals surface area contributed by atoms with Crippen molar-refractivity contribution < 1.29 is 14.6 Å². The van der Waals surface area contributed by atoms with Crippen molar-refractivity contribution in [3.05, 3.63) is 0 Å². The first-order valence-electron chi connectivity index (χ1n) is 3.58. The minimum atomic E-state index is -0.696. The molecule has 1 heterocycles. The molecule has 1 rings (SSSR count). The number of epoxide rings is 1. The lowest BCUT2D eigenvalue weighted by atomic mass is 10.0. The third kappa shape index (κ3) is 1.99. The van der Waals surface area contributed by atoms with Gasteiger partial charge in [0, 0.05) is 0 Å². The van der Waals surface area contributed by atoms with E-state index in [-0.39, 0.29) is 12.0 Å². The van der Waals surface area contributed by atoms with Crippen molar-refractivity contribution in [1.82, 2.24) is 0 Å². The Kier molecular flexibility index (Phi) is 2.27.